The van der Waals surface area contributed by atoms with Gasteiger partial charge >= 0.3 is 0 Å². The molecule has 0 saturated carbocycles. The van der Waals surface area contributed by atoms with Crippen LogP contribution in [0.2, 0.25) is 0 Å². The minimum Gasteiger partial charge on any atom is -0.214 e. The van der Waals surface area contributed by atoms with Gasteiger partial charge in [-0.25, -0.2) is 13.2 Å². The van der Waals surface area contributed by atoms with Crippen molar-refractivity contribution in [2.45, 2.75) is 6.43 Å². The minimum atomic E-state index is -2.88. The first-order chi connectivity index (χ1) is 3.18. The summed E-state index contributed by atoms with van der Waals surface area (Å²) < 4.78 is 32.8. The zero-order chi connectivity index (χ0) is 5.86. The molecule has 0 radical (unpaired) electrons. The number of allylic oxidation sites excluding steroid dienone is 1. The molecule has 0 N–H and O–H groups in total. The second-order valence-corrected chi connectivity index (χ2v) is 1.23. The summed E-state index contributed by atoms with van der Waals surface area (Å²) in [4.78, 5) is 0. The summed E-state index contributed by atoms with van der Waals surface area (Å²) in [5.41, 5.74) is 0. The van der Waals surface area contributed by atoms with Crippen molar-refractivity contribution in [2.24, 2.45) is 0 Å². The van der Waals surface area contributed by atoms with E-state index in [1.807, 2.05) is 0 Å². The third kappa shape index (κ3) is 2.51. The van der Waals surface area contributed by atoms with Crippen molar-refractivity contribution in [3.8, 4) is 0 Å². The molecule has 0 bridgehead atoms. The van der Waals surface area contributed by atoms with Gasteiger partial charge in [0.05, 0.1) is 0 Å². The molecule has 0 aliphatic heterocycles. The van der Waals surface area contributed by atoms with Crippen molar-refractivity contribution >= 4 is 11.6 Å². The van der Waals surface area contributed by atoms with Crippen LogP contribution in [0.15, 0.2) is 11.4 Å². The van der Waals surface area contributed by atoms with E-state index in [0.717, 1.165) is 0 Å². The fraction of sp³-hybridized carbons (Fsp3) is 0.333. The predicted octanol–water partition coefficient (Wildman–Crippen LogP) is 2.30. The fourth-order valence-electron chi connectivity index (χ4n) is 0.0476. The van der Waals surface area contributed by atoms with Gasteiger partial charge in [-0.15, -0.1) is 0 Å². The smallest absolute Gasteiger partial charge is 0.214 e. The van der Waals surface area contributed by atoms with E-state index in [1.165, 1.54) is 0 Å². The van der Waals surface area contributed by atoms with E-state index >= 15 is 0 Å². The second-order valence-electron chi connectivity index (χ2n) is 0.795. The van der Waals surface area contributed by atoms with Gasteiger partial charge in [0, 0.05) is 0 Å². The van der Waals surface area contributed by atoms with E-state index in [1.54, 1.807) is 0 Å². The standard InChI is InChI=1S/C3H2ClF3/c4-2(1-5)3(6)7/h1,3H/b2-1-. The monoisotopic (exact) mass is 130 g/mol. The lowest BCUT2D eigenvalue weighted by Gasteiger charge is -1.87. The molecule has 0 atom stereocenters. The third-order valence-corrected chi connectivity index (χ3v) is 0.560. The van der Waals surface area contributed by atoms with Crippen molar-refractivity contribution in [3.63, 3.8) is 0 Å². The quantitative estimate of drug-likeness (QED) is 0.511. The van der Waals surface area contributed by atoms with Gasteiger partial charge in [0.1, 0.15) is 11.4 Å². The average molecular weight is 130 g/mol. The van der Waals surface area contributed by atoms with Crippen LogP contribution < -0.4 is 0 Å². The summed E-state index contributed by atoms with van der Waals surface area (Å²) >= 11 is 4.54. The Morgan fingerprint density at radius 3 is 2.00 bits per heavy atom. The van der Waals surface area contributed by atoms with Gasteiger partial charge in [-0.3, -0.25) is 0 Å². The Morgan fingerprint density at radius 1 is 1.57 bits per heavy atom. The topological polar surface area (TPSA) is 0 Å². The van der Waals surface area contributed by atoms with Crippen LogP contribution in [-0.4, -0.2) is 6.43 Å². The van der Waals surface area contributed by atoms with E-state index in [0.29, 0.717) is 0 Å². The first-order valence-corrected chi connectivity index (χ1v) is 1.80. The van der Waals surface area contributed by atoms with Crippen molar-refractivity contribution in [1.82, 2.24) is 0 Å². The molecule has 0 spiro atoms. The molecule has 0 nitrogen and oxygen atoms in total. The Balaban J connectivity index is 3.56. The average Bonchev–Trinajstić information content (AvgIpc) is 1.65. The minimum absolute atomic E-state index is 0.327. The molecule has 0 aliphatic carbocycles. The highest BCUT2D eigenvalue weighted by Crippen LogP contribution is 2.11. The van der Waals surface area contributed by atoms with E-state index in [4.69, 9.17) is 0 Å². The second kappa shape index (κ2) is 2.91. The third-order valence-electron chi connectivity index (χ3n) is 0.313. The highest BCUT2D eigenvalue weighted by atomic mass is 35.5. The Kier molecular flexibility index (Phi) is 2.83. The van der Waals surface area contributed by atoms with Crippen LogP contribution in [0.25, 0.3) is 0 Å². The molecule has 0 amide bonds. The van der Waals surface area contributed by atoms with E-state index < -0.39 is 11.5 Å². The summed E-state index contributed by atoms with van der Waals surface area (Å²) in [7, 11) is 0. The van der Waals surface area contributed by atoms with Crippen molar-refractivity contribution in [1.29, 1.82) is 0 Å². The van der Waals surface area contributed by atoms with Crippen LogP contribution in [-0.2, 0) is 0 Å². The molecule has 4 heteroatoms. The fourth-order valence-corrected chi connectivity index (χ4v) is 0.0476. The predicted molar refractivity (Wildman–Crippen MR) is 21.0 cm³/mol. The number of halogens is 4. The molecule has 0 unspecified atom stereocenters. The van der Waals surface area contributed by atoms with Crippen LogP contribution in [0.4, 0.5) is 13.2 Å². The largest absolute Gasteiger partial charge is 0.276 e. The first kappa shape index (κ1) is 6.82. The SMILES string of the molecule is F/C=C(\Cl)C(F)F. The summed E-state index contributed by atoms with van der Waals surface area (Å²) in [6.45, 7) is 0. The Hall–Kier alpha value is -0.180. The lowest BCUT2D eigenvalue weighted by Crippen LogP contribution is -1.85. The van der Waals surface area contributed by atoms with Crippen molar-refractivity contribution in [3.05, 3.63) is 11.4 Å². The van der Waals surface area contributed by atoms with Crippen LogP contribution >= 0.6 is 11.6 Å². The Labute approximate surface area is 43.6 Å². The van der Waals surface area contributed by atoms with Crippen LogP contribution in [0.1, 0.15) is 0 Å². The first-order valence-electron chi connectivity index (χ1n) is 1.42. The number of rotatable bonds is 1. The number of alkyl halides is 2. The summed E-state index contributed by atoms with van der Waals surface area (Å²) in [5, 5.41) is -1.06. The lowest BCUT2D eigenvalue weighted by atomic mass is 10.7. The Bertz CT molecular complexity index is 78.2. The van der Waals surface area contributed by atoms with Gasteiger partial charge < -0.3 is 0 Å². The summed E-state index contributed by atoms with van der Waals surface area (Å²) in [5.74, 6) is 0. The van der Waals surface area contributed by atoms with E-state index in [2.05, 4.69) is 11.6 Å². The molecule has 42 valence electrons. The molecule has 0 aromatic carbocycles. The zero-order valence-electron chi connectivity index (χ0n) is 3.17. The van der Waals surface area contributed by atoms with Gasteiger partial charge in [0.2, 0.25) is 0 Å². The molecule has 0 fully saturated rings. The highest BCUT2D eigenvalue weighted by Gasteiger charge is 2.05. The zero-order valence-corrected chi connectivity index (χ0v) is 3.92. The maximum absolute atomic E-state index is 11.0. The van der Waals surface area contributed by atoms with Crippen LogP contribution in [0.3, 0.4) is 0 Å². The molecule has 0 saturated heterocycles. The number of hydrogen-bond acceptors (Lipinski definition) is 0. The molecule has 0 heterocycles. The van der Waals surface area contributed by atoms with Gasteiger partial charge in [0.25, 0.3) is 6.43 Å². The van der Waals surface area contributed by atoms with Gasteiger partial charge in [-0.2, -0.15) is 0 Å². The highest BCUT2D eigenvalue weighted by molar-refractivity contribution is 6.29. The molecular formula is C3H2ClF3. The summed E-state index contributed by atoms with van der Waals surface area (Å²) in [6, 6.07) is 0. The van der Waals surface area contributed by atoms with E-state index in [-0.39, 0.29) is 6.33 Å². The molecule has 7 heavy (non-hydrogen) atoms. The maximum Gasteiger partial charge on any atom is 0.276 e. The molecule has 0 aliphatic rings. The molecular weight excluding hydrogens is 128 g/mol. The molecule has 0 rings (SSSR count). The number of hydrogen-bond donors (Lipinski definition) is 0. The lowest BCUT2D eigenvalue weighted by molar-refractivity contribution is 0.197. The van der Waals surface area contributed by atoms with Crippen LogP contribution in [0, 0.1) is 0 Å². The molecule has 0 aromatic rings. The van der Waals surface area contributed by atoms with Crippen LogP contribution in [0.5, 0.6) is 0 Å². The van der Waals surface area contributed by atoms with Gasteiger partial charge in [0.15, 0.2) is 0 Å². The molecule has 0 aromatic heterocycles. The Morgan fingerprint density at radius 2 is 2.00 bits per heavy atom. The van der Waals surface area contributed by atoms with Crippen molar-refractivity contribution in [2.75, 3.05) is 0 Å². The normalized spacial score (nSPS) is 13.0. The maximum atomic E-state index is 11.0. The van der Waals surface area contributed by atoms with Crippen molar-refractivity contribution < 1.29 is 13.2 Å². The summed E-state index contributed by atoms with van der Waals surface area (Å²) in [6.07, 6.45) is -3.21. The van der Waals surface area contributed by atoms with Gasteiger partial charge in [-0.1, -0.05) is 11.6 Å². The van der Waals surface area contributed by atoms with Gasteiger partial charge in [-0.05, 0) is 0 Å². The van der Waals surface area contributed by atoms with E-state index in [9.17, 15) is 13.2 Å².